The first kappa shape index (κ1) is 18.8. The average Bonchev–Trinajstić information content (AvgIpc) is 3.16. The van der Waals surface area contributed by atoms with Crippen molar-refractivity contribution in [3.8, 4) is 11.4 Å². The first-order chi connectivity index (χ1) is 13.0. The number of hydrogen-bond acceptors (Lipinski definition) is 5. The van der Waals surface area contributed by atoms with E-state index < -0.39 is 0 Å². The van der Waals surface area contributed by atoms with Crippen molar-refractivity contribution in [1.82, 2.24) is 20.4 Å². The highest BCUT2D eigenvalue weighted by molar-refractivity contribution is 5.76. The van der Waals surface area contributed by atoms with Crippen molar-refractivity contribution in [3.05, 3.63) is 65.8 Å². The van der Waals surface area contributed by atoms with Gasteiger partial charge in [-0.15, -0.1) is 0 Å². The molecule has 2 heterocycles. The molecule has 1 aromatic carbocycles. The Morgan fingerprint density at radius 2 is 1.70 bits per heavy atom. The van der Waals surface area contributed by atoms with Crippen molar-refractivity contribution >= 4 is 5.91 Å². The Balaban J connectivity index is 1.51. The van der Waals surface area contributed by atoms with Gasteiger partial charge in [0.25, 0.3) is 0 Å². The Kier molecular flexibility index (Phi) is 5.96. The topological polar surface area (TPSA) is 80.9 Å². The van der Waals surface area contributed by atoms with Crippen LogP contribution in [0.3, 0.4) is 0 Å². The lowest BCUT2D eigenvalue weighted by molar-refractivity contribution is -0.121. The molecule has 0 spiro atoms. The molecule has 1 N–H and O–H groups in total. The maximum absolute atomic E-state index is 12.2. The predicted molar refractivity (Wildman–Crippen MR) is 103 cm³/mol. The van der Waals surface area contributed by atoms with E-state index in [4.69, 9.17) is 4.52 Å². The van der Waals surface area contributed by atoms with Crippen LogP contribution < -0.4 is 5.32 Å². The fourth-order valence-electron chi connectivity index (χ4n) is 2.76. The van der Waals surface area contributed by atoms with E-state index in [1.54, 1.807) is 12.4 Å². The number of pyridine rings is 1. The molecule has 0 bridgehead atoms. The van der Waals surface area contributed by atoms with Gasteiger partial charge < -0.3 is 9.84 Å². The highest BCUT2D eigenvalue weighted by atomic mass is 16.5. The fourth-order valence-corrected chi connectivity index (χ4v) is 2.76. The van der Waals surface area contributed by atoms with Crippen LogP contribution in [0.2, 0.25) is 0 Å². The van der Waals surface area contributed by atoms with E-state index in [-0.39, 0.29) is 11.9 Å². The summed E-state index contributed by atoms with van der Waals surface area (Å²) in [6.45, 7) is 6.31. The lowest BCUT2D eigenvalue weighted by atomic mass is 9.99. The minimum atomic E-state index is -0.0474. The van der Waals surface area contributed by atoms with Gasteiger partial charge in [0.15, 0.2) is 0 Å². The highest BCUT2D eigenvalue weighted by Gasteiger charge is 2.13. The zero-order valence-electron chi connectivity index (χ0n) is 15.8. The van der Waals surface area contributed by atoms with Gasteiger partial charge in [-0.2, -0.15) is 4.98 Å². The van der Waals surface area contributed by atoms with E-state index >= 15 is 0 Å². The number of hydrogen-bond donors (Lipinski definition) is 1. The number of amides is 1. The zero-order valence-corrected chi connectivity index (χ0v) is 15.8. The molecule has 0 saturated heterocycles. The summed E-state index contributed by atoms with van der Waals surface area (Å²) in [5.41, 5.74) is 3.21. The molecule has 0 fully saturated rings. The summed E-state index contributed by atoms with van der Waals surface area (Å²) in [5.74, 6) is 1.41. The summed E-state index contributed by atoms with van der Waals surface area (Å²) in [6, 6.07) is 11.9. The summed E-state index contributed by atoms with van der Waals surface area (Å²) in [6.07, 6.45) is 4.05. The predicted octanol–water partition coefficient (Wildman–Crippen LogP) is 4.07. The largest absolute Gasteiger partial charge is 0.350 e. The molecule has 140 valence electrons. The average molecular weight is 364 g/mol. The zero-order chi connectivity index (χ0) is 19.2. The van der Waals surface area contributed by atoms with E-state index in [0.29, 0.717) is 30.5 Å². The minimum Gasteiger partial charge on any atom is -0.350 e. The van der Waals surface area contributed by atoms with Crippen LogP contribution in [0.5, 0.6) is 0 Å². The van der Waals surface area contributed by atoms with Crippen molar-refractivity contribution in [1.29, 1.82) is 0 Å². The first-order valence-corrected chi connectivity index (χ1v) is 9.15. The monoisotopic (exact) mass is 364 g/mol. The van der Waals surface area contributed by atoms with Gasteiger partial charge in [0, 0.05) is 30.8 Å². The van der Waals surface area contributed by atoms with E-state index in [0.717, 1.165) is 11.1 Å². The second kappa shape index (κ2) is 8.58. The van der Waals surface area contributed by atoms with E-state index in [1.807, 2.05) is 19.1 Å². The summed E-state index contributed by atoms with van der Waals surface area (Å²) in [7, 11) is 0. The molecule has 0 unspecified atom stereocenters. The van der Waals surface area contributed by atoms with Crippen molar-refractivity contribution in [2.45, 2.75) is 45.6 Å². The Morgan fingerprint density at radius 1 is 1.04 bits per heavy atom. The van der Waals surface area contributed by atoms with Gasteiger partial charge in [0.05, 0.1) is 6.04 Å². The normalized spacial score (nSPS) is 12.1. The molecular weight excluding hydrogens is 340 g/mol. The van der Waals surface area contributed by atoms with Crippen molar-refractivity contribution in [3.63, 3.8) is 0 Å². The molecule has 6 heteroatoms. The van der Waals surface area contributed by atoms with Crippen LogP contribution in [-0.4, -0.2) is 21.0 Å². The third-order valence-electron chi connectivity index (χ3n) is 4.45. The molecule has 1 atom stereocenters. The number of nitrogens with zero attached hydrogens (tertiary/aromatic N) is 3. The van der Waals surface area contributed by atoms with E-state index in [1.165, 1.54) is 5.56 Å². The van der Waals surface area contributed by atoms with Gasteiger partial charge in [-0.1, -0.05) is 43.3 Å². The molecule has 1 amide bonds. The molecule has 0 aliphatic heterocycles. The number of nitrogens with one attached hydrogen (secondary N) is 1. The molecule has 0 aliphatic carbocycles. The molecular formula is C21H24N4O2. The standard InChI is InChI=1S/C21H24N4O2/c1-14(2)16-4-6-17(7-5-16)15(3)23-19(26)8-9-20-24-21(25-27-20)18-10-12-22-13-11-18/h4-7,10-15H,8-9H2,1-3H3,(H,23,26)/t15-/m1/s1. The molecule has 2 aromatic heterocycles. The highest BCUT2D eigenvalue weighted by Crippen LogP contribution is 2.19. The van der Waals surface area contributed by atoms with Crippen molar-refractivity contribution in [2.75, 3.05) is 0 Å². The van der Waals surface area contributed by atoms with Gasteiger partial charge in [-0.25, -0.2) is 0 Å². The van der Waals surface area contributed by atoms with Gasteiger partial charge in [-0.05, 0) is 36.1 Å². The van der Waals surface area contributed by atoms with Crippen LogP contribution in [0.15, 0.2) is 53.3 Å². The van der Waals surface area contributed by atoms with Gasteiger partial charge in [-0.3, -0.25) is 9.78 Å². The quantitative estimate of drug-likeness (QED) is 0.683. The number of carbonyl (C=O) groups excluding carboxylic acids is 1. The second-order valence-electron chi connectivity index (χ2n) is 6.86. The van der Waals surface area contributed by atoms with Gasteiger partial charge >= 0.3 is 0 Å². The third kappa shape index (κ3) is 5.00. The summed E-state index contributed by atoms with van der Waals surface area (Å²) >= 11 is 0. The Labute approximate surface area is 159 Å². The lowest BCUT2D eigenvalue weighted by Crippen LogP contribution is -2.26. The van der Waals surface area contributed by atoms with Gasteiger partial charge in [0.1, 0.15) is 0 Å². The number of aromatic nitrogens is 3. The molecule has 3 aromatic rings. The second-order valence-corrected chi connectivity index (χ2v) is 6.86. The van der Waals surface area contributed by atoms with Crippen LogP contribution in [0.1, 0.15) is 56.2 Å². The lowest BCUT2D eigenvalue weighted by Gasteiger charge is -2.15. The van der Waals surface area contributed by atoms with Crippen molar-refractivity contribution in [2.24, 2.45) is 0 Å². The third-order valence-corrected chi connectivity index (χ3v) is 4.45. The first-order valence-electron chi connectivity index (χ1n) is 9.15. The molecule has 0 saturated carbocycles. The fraction of sp³-hybridized carbons (Fsp3) is 0.333. The Hall–Kier alpha value is -3.02. The van der Waals surface area contributed by atoms with Gasteiger partial charge in [0.2, 0.25) is 17.6 Å². The molecule has 3 rings (SSSR count). The molecule has 0 radical (unpaired) electrons. The minimum absolute atomic E-state index is 0.0425. The van der Waals surface area contributed by atoms with Crippen LogP contribution >= 0.6 is 0 Å². The molecule has 0 aliphatic rings. The van der Waals surface area contributed by atoms with Crippen LogP contribution in [-0.2, 0) is 11.2 Å². The number of benzene rings is 1. The number of aryl methyl sites for hydroxylation is 1. The van der Waals surface area contributed by atoms with Crippen LogP contribution in [0.4, 0.5) is 0 Å². The van der Waals surface area contributed by atoms with Crippen LogP contribution in [0.25, 0.3) is 11.4 Å². The van der Waals surface area contributed by atoms with Crippen LogP contribution in [0, 0.1) is 0 Å². The number of rotatable bonds is 7. The Bertz CT molecular complexity index is 873. The smallest absolute Gasteiger partial charge is 0.227 e. The maximum atomic E-state index is 12.2. The molecule has 27 heavy (non-hydrogen) atoms. The summed E-state index contributed by atoms with van der Waals surface area (Å²) in [4.78, 5) is 20.5. The SMILES string of the molecule is CC(C)c1ccc([C@@H](C)NC(=O)CCc2nc(-c3ccncc3)no2)cc1. The van der Waals surface area contributed by atoms with E-state index in [9.17, 15) is 4.79 Å². The number of carbonyl (C=O) groups is 1. The molecule has 6 nitrogen and oxygen atoms in total. The van der Waals surface area contributed by atoms with Crippen molar-refractivity contribution < 1.29 is 9.32 Å². The van der Waals surface area contributed by atoms with E-state index in [2.05, 4.69) is 58.6 Å². The Morgan fingerprint density at radius 3 is 2.37 bits per heavy atom. The summed E-state index contributed by atoms with van der Waals surface area (Å²) < 4.78 is 5.23. The maximum Gasteiger partial charge on any atom is 0.227 e. The summed E-state index contributed by atoms with van der Waals surface area (Å²) in [5, 5.41) is 6.97.